The molecule has 1 atom stereocenters. The van der Waals surface area contributed by atoms with Gasteiger partial charge in [0.15, 0.2) is 6.10 Å². The molecule has 0 aromatic rings. The molecule has 0 bridgehead atoms. The van der Waals surface area contributed by atoms with Gasteiger partial charge in [0, 0.05) is 19.3 Å². The number of carbonyl (C=O) groups is 3. The van der Waals surface area contributed by atoms with Gasteiger partial charge < -0.3 is 14.2 Å². The lowest BCUT2D eigenvalue weighted by Crippen LogP contribution is -2.30. The second-order valence-electron chi connectivity index (χ2n) is 19.5. The lowest BCUT2D eigenvalue weighted by molar-refractivity contribution is -0.166. The minimum atomic E-state index is -0.823. The number of hydrogen-bond acceptors (Lipinski definition) is 6. The molecule has 6 nitrogen and oxygen atoms in total. The van der Waals surface area contributed by atoms with Crippen molar-refractivity contribution >= 4 is 17.9 Å². The minimum absolute atomic E-state index is 0.116. The van der Waals surface area contributed by atoms with E-state index < -0.39 is 6.10 Å². The lowest BCUT2D eigenvalue weighted by Gasteiger charge is -2.18. The van der Waals surface area contributed by atoms with Crippen molar-refractivity contribution in [1.82, 2.24) is 0 Å². The summed E-state index contributed by atoms with van der Waals surface area (Å²) >= 11 is 0. The number of unbranched alkanes of at least 4 members (excludes halogenated alkanes) is 22. The van der Waals surface area contributed by atoms with Crippen molar-refractivity contribution in [2.75, 3.05) is 13.2 Å². The van der Waals surface area contributed by atoms with Gasteiger partial charge in [0.05, 0.1) is 0 Å². The van der Waals surface area contributed by atoms with Gasteiger partial charge in [-0.15, -0.1) is 0 Å². The molecule has 0 aromatic carbocycles. The molecule has 0 saturated carbocycles. The highest BCUT2D eigenvalue weighted by Crippen LogP contribution is 2.14. The largest absolute Gasteiger partial charge is 0.462 e. The maximum atomic E-state index is 12.9. The van der Waals surface area contributed by atoms with Crippen LogP contribution in [0.1, 0.15) is 265 Å². The predicted octanol–water partition coefficient (Wildman–Crippen LogP) is 20.4. The van der Waals surface area contributed by atoms with E-state index in [1.54, 1.807) is 0 Å². The molecule has 0 heterocycles. The highest BCUT2D eigenvalue weighted by atomic mass is 16.6. The Morgan fingerprint density at radius 1 is 0.288 bits per heavy atom. The molecule has 0 aliphatic rings. The van der Waals surface area contributed by atoms with Gasteiger partial charge in [-0.1, -0.05) is 245 Å². The first-order chi connectivity index (χ1) is 36.0. The van der Waals surface area contributed by atoms with Crippen LogP contribution in [-0.2, 0) is 28.6 Å². The molecule has 0 unspecified atom stereocenters. The Balaban J connectivity index is 4.54. The zero-order valence-corrected chi connectivity index (χ0v) is 47.4. The van der Waals surface area contributed by atoms with E-state index >= 15 is 0 Å². The summed E-state index contributed by atoms with van der Waals surface area (Å²) in [6.07, 6.45) is 83.4. The Hall–Kier alpha value is -4.19. The Morgan fingerprint density at radius 3 is 0.959 bits per heavy atom. The van der Waals surface area contributed by atoms with Crippen LogP contribution < -0.4 is 0 Å². The van der Waals surface area contributed by atoms with Crippen molar-refractivity contribution in [1.29, 1.82) is 0 Å². The van der Waals surface area contributed by atoms with Crippen LogP contribution in [0.5, 0.6) is 0 Å². The summed E-state index contributed by atoms with van der Waals surface area (Å²) in [6, 6.07) is 0. The molecule has 0 amide bonds. The van der Waals surface area contributed by atoms with Gasteiger partial charge in [0.1, 0.15) is 13.2 Å². The van der Waals surface area contributed by atoms with Crippen LogP contribution in [0.3, 0.4) is 0 Å². The normalized spacial score (nSPS) is 13.0. The predicted molar refractivity (Wildman–Crippen MR) is 316 cm³/mol. The first kappa shape index (κ1) is 68.8. The van der Waals surface area contributed by atoms with Gasteiger partial charge in [0.25, 0.3) is 0 Å². The maximum absolute atomic E-state index is 12.9. The van der Waals surface area contributed by atoms with E-state index in [2.05, 4.69) is 136 Å². The Bertz CT molecular complexity index is 1540. The molecule has 0 fully saturated rings. The average molecular weight is 1010 g/mol. The zero-order chi connectivity index (χ0) is 52.9. The molecule has 0 rings (SSSR count). The summed E-state index contributed by atoms with van der Waals surface area (Å²) in [6.45, 7) is 6.41. The number of carbonyl (C=O) groups excluding carboxylic acids is 3. The van der Waals surface area contributed by atoms with E-state index in [4.69, 9.17) is 14.2 Å². The summed E-state index contributed by atoms with van der Waals surface area (Å²) in [5, 5.41) is 0. The molecular weight excluding hydrogens is 901 g/mol. The third kappa shape index (κ3) is 58.6. The highest BCUT2D eigenvalue weighted by molar-refractivity contribution is 5.71. The standard InChI is InChI=1S/C67H110O6/c1-4-7-10-13-16-19-22-25-28-31-33-36-39-42-45-48-51-54-57-60-66(69)72-63-64(62-71-65(68)59-56-53-50-47-44-41-38-35-30-27-24-21-18-15-12-9-6-3)73-67(70)61-58-55-52-49-46-43-40-37-34-32-29-26-23-20-17-14-11-8-5-2/h7,10,16,18-19,21,25-30,33,36,38,41-42,45,51,54,64H,4-6,8-9,11-15,17,20,22-24,31-32,34-35,37,39-40,43-44,46-50,52-53,55-63H2,1-3H3/b10-7+,19-16+,21-18+,28-25+,29-26+,30-27+,36-33+,41-38+,45-42+,54-51+/t64-/m1/s1. The summed E-state index contributed by atoms with van der Waals surface area (Å²) in [5.41, 5.74) is 0. The van der Waals surface area contributed by atoms with Gasteiger partial charge in [-0.2, -0.15) is 0 Å². The molecule has 414 valence electrons. The van der Waals surface area contributed by atoms with Crippen LogP contribution in [0.25, 0.3) is 0 Å². The van der Waals surface area contributed by atoms with E-state index in [1.807, 2.05) is 6.08 Å². The van der Waals surface area contributed by atoms with E-state index in [0.29, 0.717) is 19.3 Å². The van der Waals surface area contributed by atoms with Gasteiger partial charge >= 0.3 is 17.9 Å². The number of esters is 3. The molecule has 6 heteroatoms. The van der Waals surface area contributed by atoms with Gasteiger partial charge in [-0.05, 0) is 122 Å². The Morgan fingerprint density at radius 2 is 0.562 bits per heavy atom. The average Bonchev–Trinajstić information content (AvgIpc) is 3.39. The quantitative estimate of drug-likeness (QED) is 0.0261. The Kier molecular flexibility index (Phi) is 56.9. The SMILES string of the molecule is CC/C=C/C/C=C/C/C=C/C/C=C/C/C=C/C/C=C/CCC(=O)OC[C@@H](COC(=O)CCCCCC/C=C/C/C=C/C/C=C/CCCCC)OC(=O)CCCCCCCCCCC/C=C/CCCCCCCC. The van der Waals surface area contributed by atoms with Crippen molar-refractivity contribution in [2.45, 2.75) is 271 Å². The van der Waals surface area contributed by atoms with Gasteiger partial charge in [0.2, 0.25) is 0 Å². The van der Waals surface area contributed by atoms with Gasteiger partial charge in [-0.3, -0.25) is 14.4 Å². The zero-order valence-electron chi connectivity index (χ0n) is 47.4. The number of hydrogen-bond donors (Lipinski definition) is 0. The highest BCUT2D eigenvalue weighted by Gasteiger charge is 2.19. The van der Waals surface area contributed by atoms with Crippen molar-refractivity contribution in [2.24, 2.45) is 0 Å². The fourth-order valence-corrected chi connectivity index (χ4v) is 7.94. The van der Waals surface area contributed by atoms with Crippen LogP contribution in [0.4, 0.5) is 0 Å². The summed E-state index contributed by atoms with van der Waals surface area (Å²) in [5.74, 6) is -1.02. The first-order valence-electron chi connectivity index (χ1n) is 30.0. The number of ether oxygens (including phenoxy) is 3. The second kappa shape index (κ2) is 60.4. The van der Waals surface area contributed by atoms with Crippen LogP contribution in [-0.4, -0.2) is 37.2 Å². The fourth-order valence-electron chi connectivity index (χ4n) is 7.94. The third-order valence-corrected chi connectivity index (χ3v) is 12.4. The number of allylic oxidation sites excluding steroid dienone is 20. The molecule has 0 spiro atoms. The van der Waals surface area contributed by atoms with Crippen molar-refractivity contribution in [3.8, 4) is 0 Å². The third-order valence-electron chi connectivity index (χ3n) is 12.4. The molecule has 0 aliphatic carbocycles. The molecule has 73 heavy (non-hydrogen) atoms. The molecule has 0 radical (unpaired) electrons. The van der Waals surface area contributed by atoms with Crippen LogP contribution in [0.2, 0.25) is 0 Å². The second-order valence-corrected chi connectivity index (χ2v) is 19.5. The Labute approximate surface area is 450 Å². The van der Waals surface area contributed by atoms with Gasteiger partial charge in [-0.25, -0.2) is 0 Å². The number of rotatable bonds is 53. The fraction of sp³-hybridized carbons (Fsp3) is 0.657. The monoisotopic (exact) mass is 1010 g/mol. The van der Waals surface area contributed by atoms with E-state index in [9.17, 15) is 14.4 Å². The molecule has 0 aromatic heterocycles. The summed E-state index contributed by atoms with van der Waals surface area (Å²) in [7, 11) is 0. The summed E-state index contributed by atoms with van der Waals surface area (Å²) in [4.78, 5) is 38.2. The molecule has 0 saturated heterocycles. The minimum Gasteiger partial charge on any atom is -0.462 e. The summed E-state index contributed by atoms with van der Waals surface area (Å²) < 4.78 is 16.8. The maximum Gasteiger partial charge on any atom is 0.306 e. The topological polar surface area (TPSA) is 78.9 Å². The van der Waals surface area contributed by atoms with Crippen molar-refractivity contribution in [3.63, 3.8) is 0 Å². The smallest absolute Gasteiger partial charge is 0.306 e. The van der Waals surface area contributed by atoms with Crippen molar-refractivity contribution < 1.29 is 28.6 Å². The first-order valence-corrected chi connectivity index (χ1v) is 30.0. The van der Waals surface area contributed by atoms with Crippen LogP contribution in [0.15, 0.2) is 122 Å². The van der Waals surface area contributed by atoms with E-state index in [0.717, 1.165) is 103 Å². The van der Waals surface area contributed by atoms with E-state index in [-0.39, 0.29) is 37.5 Å². The van der Waals surface area contributed by atoms with Crippen LogP contribution in [0, 0.1) is 0 Å². The van der Waals surface area contributed by atoms with E-state index in [1.165, 1.54) is 116 Å². The molecule has 0 N–H and O–H groups in total. The lowest BCUT2D eigenvalue weighted by atomic mass is 10.1. The molecule has 0 aliphatic heterocycles. The van der Waals surface area contributed by atoms with Crippen LogP contribution >= 0.6 is 0 Å². The molecular formula is C67H110O6. The van der Waals surface area contributed by atoms with Crippen molar-refractivity contribution in [3.05, 3.63) is 122 Å².